The highest BCUT2D eigenvalue weighted by molar-refractivity contribution is 5.88. The van der Waals surface area contributed by atoms with Crippen molar-refractivity contribution in [3.8, 4) is 0 Å². The van der Waals surface area contributed by atoms with Crippen molar-refractivity contribution in [1.29, 1.82) is 0 Å². The number of esters is 1. The van der Waals surface area contributed by atoms with Gasteiger partial charge in [-0.2, -0.15) is 0 Å². The third-order valence-electron chi connectivity index (χ3n) is 2.69. The van der Waals surface area contributed by atoms with Gasteiger partial charge >= 0.3 is 5.97 Å². The summed E-state index contributed by atoms with van der Waals surface area (Å²) >= 11 is 0. The van der Waals surface area contributed by atoms with Gasteiger partial charge in [-0.3, -0.25) is 0 Å². The van der Waals surface area contributed by atoms with E-state index in [9.17, 15) is 4.79 Å². The van der Waals surface area contributed by atoms with Crippen LogP contribution in [0, 0.1) is 5.92 Å². The second kappa shape index (κ2) is 5.63. The molecule has 0 aromatic carbocycles. The minimum absolute atomic E-state index is 0.253. The second-order valence-electron chi connectivity index (χ2n) is 3.75. The van der Waals surface area contributed by atoms with Crippen molar-refractivity contribution >= 4 is 5.97 Å². The number of hydrogen-bond acceptors (Lipinski definition) is 2. The third-order valence-corrected chi connectivity index (χ3v) is 2.69. The maximum Gasteiger partial charge on any atom is 0.333 e. The van der Waals surface area contributed by atoms with Gasteiger partial charge in [-0.15, -0.1) is 0 Å². The van der Waals surface area contributed by atoms with Crippen LogP contribution in [0.1, 0.15) is 32.1 Å². The monoisotopic (exact) mass is 194 g/mol. The molecule has 0 atom stereocenters. The van der Waals surface area contributed by atoms with Gasteiger partial charge in [0, 0.05) is 5.57 Å². The molecule has 0 heterocycles. The van der Waals surface area contributed by atoms with E-state index in [-0.39, 0.29) is 12.6 Å². The molecule has 0 saturated heterocycles. The van der Waals surface area contributed by atoms with Gasteiger partial charge in [0.15, 0.2) is 0 Å². The molecule has 0 radical (unpaired) electrons. The van der Waals surface area contributed by atoms with Gasteiger partial charge in [0.1, 0.15) is 6.61 Å². The normalized spacial score (nSPS) is 17.4. The molecule has 1 saturated carbocycles. The highest BCUT2D eigenvalue weighted by atomic mass is 16.5. The summed E-state index contributed by atoms with van der Waals surface area (Å²) < 4.78 is 4.95. The summed E-state index contributed by atoms with van der Waals surface area (Å²) in [7, 11) is 0. The fourth-order valence-electron chi connectivity index (χ4n) is 1.85. The highest BCUT2D eigenvalue weighted by Crippen LogP contribution is 2.29. The van der Waals surface area contributed by atoms with E-state index in [1.807, 2.05) is 0 Å². The first-order valence-corrected chi connectivity index (χ1v) is 5.22. The zero-order valence-electron chi connectivity index (χ0n) is 8.63. The summed E-state index contributed by atoms with van der Waals surface area (Å²) in [6.07, 6.45) is 7.44. The van der Waals surface area contributed by atoms with Gasteiger partial charge in [-0.05, 0) is 18.8 Å². The Labute approximate surface area is 85.6 Å². The van der Waals surface area contributed by atoms with Crippen molar-refractivity contribution in [1.82, 2.24) is 0 Å². The average Bonchev–Trinajstić information content (AvgIpc) is 2.26. The molecule has 1 aliphatic rings. The molecule has 1 aliphatic carbocycles. The van der Waals surface area contributed by atoms with Crippen LogP contribution in [-0.2, 0) is 9.53 Å². The van der Waals surface area contributed by atoms with Gasteiger partial charge in [-0.25, -0.2) is 4.79 Å². The lowest BCUT2D eigenvalue weighted by Crippen LogP contribution is -2.17. The van der Waals surface area contributed by atoms with Crippen LogP contribution in [0.15, 0.2) is 24.8 Å². The Morgan fingerprint density at radius 1 is 1.36 bits per heavy atom. The van der Waals surface area contributed by atoms with E-state index >= 15 is 0 Å². The summed E-state index contributed by atoms with van der Waals surface area (Å²) in [5.41, 5.74) is 0.645. The molecule has 0 amide bonds. The van der Waals surface area contributed by atoms with E-state index < -0.39 is 0 Å². The van der Waals surface area contributed by atoms with E-state index in [2.05, 4.69) is 13.2 Å². The summed E-state index contributed by atoms with van der Waals surface area (Å²) in [5.74, 6) is 0.0952. The minimum atomic E-state index is -0.253. The molecule has 14 heavy (non-hydrogen) atoms. The van der Waals surface area contributed by atoms with Gasteiger partial charge in [-0.1, -0.05) is 38.5 Å². The van der Waals surface area contributed by atoms with E-state index in [1.165, 1.54) is 19.3 Å². The molecule has 0 bridgehead atoms. The average molecular weight is 194 g/mol. The quantitative estimate of drug-likeness (QED) is 0.391. The van der Waals surface area contributed by atoms with Crippen LogP contribution < -0.4 is 0 Å². The number of carbonyl (C=O) groups is 1. The van der Waals surface area contributed by atoms with E-state index in [0.29, 0.717) is 11.5 Å². The summed E-state index contributed by atoms with van der Waals surface area (Å²) in [5, 5.41) is 0. The zero-order chi connectivity index (χ0) is 10.4. The van der Waals surface area contributed by atoms with Crippen molar-refractivity contribution in [3.63, 3.8) is 0 Å². The van der Waals surface area contributed by atoms with E-state index in [0.717, 1.165) is 12.8 Å². The lowest BCUT2D eigenvalue weighted by atomic mass is 9.84. The standard InChI is InChI=1S/C12H18O2/c1-3-9-14-12(13)10(2)11-7-5-4-6-8-11/h3,11H,1-2,4-9H2. The summed E-state index contributed by atoms with van der Waals surface area (Å²) in [6.45, 7) is 7.60. The van der Waals surface area contributed by atoms with Crippen molar-refractivity contribution in [2.75, 3.05) is 6.61 Å². The summed E-state index contributed by atoms with van der Waals surface area (Å²) in [6, 6.07) is 0. The molecule has 1 rings (SSSR count). The molecule has 2 heteroatoms. The molecule has 0 aliphatic heterocycles. The first kappa shape index (κ1) is 11.0. The first-order valence-electron chi connectivity index (χ1n) is 5.22. The Hall–Kier alpha value is -1.05. The van der Waals surface area contributed by atoms with Crippen LogP contribution in [0.2, 0.25) is 0 Å². The molecule has 1 fully saturated rings. The number of rotatable bonds is 4. The Morgan fingerprint density at radius 2 is 2.00 bits per heavy atom. The molecule has 2 nitrogen and oxygen atoms in total. The lowest BCUT2D eigenvalue weighted by Gasteiger charge is -2.22. The molecular weight excluding hydrogens is 176 g/mol. The smallest absolute Gasteiger partial charge is 0.333 e. The van der Waals surface area contributed by atoms with Crippen LogP contribution in [0.3, 0.4) is 0 Å². The summed E-state index contributed by atoms with van der Waals surface area (Å²) in [4.78, 5) is 11.4. The van der Waals surface area contributed by atoms with E-state index in [1.54, 1.807) is 6.08 Å². The van der Waals surface area contributed by atoms with Crippen molar-refractivity contribution in [2.45, 2.75) is 32.1 Å². The van der Waals surface area contributed by atoms with Crippen LogP contribution in [0.4, 0.5) is 0 Å². The molecule has 0 aromatic heterocycles. The van der Waals surface area contributed by atoms with Crippen molar-refractivity contribution in [3.05, 3.63) is 24.8 Å². The maximum absolute atomic E-state index is 11.4. The van der Waals surface area contributed by atoms with Crippen LogP contribution in [-0.4, -0.2) is 12.6 Å². The second-order valence-corrected chi connectivity index (χ2v) is 3.75. The van der Waals surface area contributed by atoms with Crippen molar-refractivity contribution < 1.29 is 9.53 Å². The van der Waals surface area contributed by atoms with Gasteiger partial charge in [0.2, 0.25) is 0 Å². The number of carbonyl (C=O) groups excluding carboxylic acids is 1. The fraction of sp³-hybridized carbons (Fsp3) is 0.583. The molecular formula is C12H18O2. The Balaban J connectivity index is 2.38. The van der Waals surface area contributed by atoms with Crippen LogP contribution in [0.5, 0.6) is 0 Å². The van der Waals surface area contributed by atoms with Crippen molar-refractivity contribution in [2.24, 2.45) is 5.92 Å². The lowest BCUT2D eigenvalue weighted by molar-refractivity contribution is -0.138. The number of ether oxygens (including phenoxy) is 1. The zero-order valence-corrected chi connectivity index (χ0v) is 8.63. The molecule has 0 unspecified atom stereocenters. The largest absolute Gasteiger partial charge is 0.458 e. The van der Waals surface area contributed by atoms with Crippen LogP contribution >= 0.6 is 0 Å². The molecule has 0 N–H and O–H groups in total. The highest BCUT2D eigenvalue weighted by Gasteiger charge is 2.21. The van der Waals surface area contributed by atoms with Gasteiger partial charge < -0.3 is 4.74 Å². The fourth-order valence-corrected chi connectivity index (χ4v) is 1.85. The number of hydrogen-bond donors (Lipinski definition) is 0. The predicted octanol–water partition coefficient (Wildman–Crippen LogP) is 2.85. The predicted molar refractivity (Wildman–Crippen MR) is 56.9 cm³/mol. The van der Waals surface area contributed by atoms with Crippen LogP contribution in [0.25, 0.3) is 0 Å². The molecule has 0 aromatic rings. The van der Waals surface area contributed by atoms with Gasteiger partial charge in [0.05, 0.1) is 0 Å². The Morgan fingerprint density at radius 3 is 2.57 bits per heavy atom. The van der Waals surface area contributed by atoms with Gasteiger partial charge in [0.25, 0.3) is 0 Å². The topological polar surface area (TPSA) is 26.3 Å². The maximum atomic E-state index is 11.4. The SMILES string of the molecule is C=CCOC(=O)C(=C)C1CCCCC1. The third kappa shape index (κ3) is 3.02. The van der Waals surface area contributed by atoms with E-state index in [4.69, 9.17) is 4.74 Å². The molecule has 0 spiro atoms. The Bertz CT molecular complexity index is 224. The first-order chi connectivity index (χ1) is 6.75. The minimum Gasteiger partial charge on any atom is -0.458 e. The molecule has 78 valence electrons. The Kier molecular flexibility index (Phi) is 4.44.